The van der Waals surface area contributed by atoms with E-state index in [1.807, 2.05) is 13.1 Å². The summed E-state index contributed by atoms with van der Waals surface area (Å²) in [6.07, 6.45) is -6.43. The Kier molecular flexibility index (Phi) is 8.13. The summed E-state index contributed by atoms with van der Waals surface area (Å²) in [6.45, 7) is 2.02. The van der Waals surface area contributed by atoms with E-state index in [-0.39, 0.29) is 54.7 Å². The van der Waals surface area contributed by atoms with E-state index in [9.17, 15) is 36.4 Å². The van der Waals surface area contributed by atoms with Crippen molar-refractivity contribution < 1.29 is 31.1 Å². The molecule has 6 nitrogen and oxygen atoms in total. The van der Waals surface area contributed by atoms with Gasteiger partial charge in [-0.2, -0.15) is 31.6 Å². The molecule has 1 atom stereocenters. The van der Waals surface area contributed by atoms with E-state index >= 15 is 0 Å². The minimum atomic E-state index is -4.59. The molecule has 43 heavy (non-hydrogen) atoms. The number of aromatic nitrogens is 1. The van der Waals surface area contributed by atoms with Gasteiger partial charge in [0.1, 0.15) is 6.07 Å². The largest absolute Gasteiger partial charge is 0.417 e. The molecule has 2 saturated heterocycles. The number of hydrogen-bond donors (Lipinski definition) is 1. The average Bonchev–Trinajstić information content (AvgIpc) is 3.40. The molecular formula is C31H29F6N5O. The Morgan fingerprint density at radius 2 is 1.72 bits per heavy atom. The van der Waals surface area contributed by atoms with E-state index < -0.39 is 28.9 Å². The number of alkyl halides is 6. The van der Waals surface area contributed by atoms with Crippen molar-refractivity contribution in [2.24, 2.45) is 0 Å². The van der Waals surface area contributed by atoms with Crippen LogP contribution >= 0.6 is 0 Å². The van der Waals surface area contributed by atoms with Gasteiger partial charge < -0.3 is 15.1 Å². The summed E-state index contributed by atoms with van der Waals surface area (Å²) in [7, 11) is 1.96. The van der Waals surface area contributed by atoms with Crippen molar-refractivity contribution >= 4 is 11.6 Å². The van der Waals surface area contributed by atoms with Crippen LogP contribution in [0.25, 0.3) is 11.3 Å². The molecule has 226 valence electrons. The molecule has 5 rings (SSSR count). The number of nitrogens with zero attached hydrogens (tertiary/aromatic N) is 4. The Morgan fingerprint density at radius 1 is 1.00 bits per heavy atom. The highest BCUT2D eigenvalue weighted by Crippen LogP contribution is 2.41. The number of rotatable bonds is 5. The van der Waals surface area contributed by atoms with E-state index in [2.05, 4.69) is 15.2 Å². The third kappa shape index (κ3) is 6.18. The van der Waals surface area contributed by atoms with E-state index in [4.69, 9.17) is 0 Å². The number of likely N-dealkylation sites (tertiary alicyclic amines) is 1. The van der Waals surface area contributed by atoms with Crippen LogP contribution in [0.15, 0.2) is 60.8 Å². The first kappa shape index (κ1) is 30.4. The van der Waals surface area contributed by atoms with Crippen LogP contribution in [0.5, 0.6) is 0 Å². The minimum absolute atomic E-state index is 0.0709. The topological polar surface area (TPSA) is 72.3 Å². The molecule has 0 aliphatic carbocycles. The number of carbonyl (C=O) groups is 1. The number of carbonyl (C=O) groups excluding carboxylic acids is 1. The van der Waals surface area contributed by atoms with Gasteiger partial charge in [-0.25, -0.2) is 0 Å². The fourth-order valence-corrected chi connectivity index (χ4v) is 6.02. The first-order valence-corrected chi connectivity index (χ1v) is 13.8. The molecule has 1 aromatic heterocycles. The van der Waals surface area contributed by atoms with Crippen molar-refractivity contribution in [1.29, 1.82) is 5.26 Å². The maximum absolute atomic E-state index is 13.9. The monoisotopic (exact) mass is 601 g/mol. The van der Waals surface area contributed by atoms with Gasteiger partial charge in [0.25, 0.3) is 0 Å². The second-order valence-corrected chi connectivity index (χ2v) is 11.1. The van der Waals surface area contributed by atoms with Crippen LogP contribution in [0.2, 0.25) is 0 Å². The number of likely N-dealkylation sites (N-methyl/N-ethyl adjacent to an activating group) is 1. The van der Waals surface area contributed by atoms with Crippen molar-refractivity contribution in [3.05, 3.63) is 83.0 Å². The molecule has 12 heteroatoms. The molecule has 3 heterocycles. The molecule has 0 bridgehead atoms. The number of nitrogens with one attached hydrogen (secondary N) is 1. The molecular weight excluding hydrogens is 572 g/mol. The fraction of sp³-hybridized carbons (Fsp3) is 0.387. The van der Waals surface area contributed by atoms with Crippen LogP contribution in [-0.2, 0) is 22.6 Å². The predicted molar refractivity (Wildman–Crippen MR) is 148 cm³/mol. The summed E-state index contributed by atoms with van der Waals surface area (Å²) in [5.74, 6) is -0.231. The van der Waals surface area contributed by atoms with Gasteiger partial charge in [-0.1, -0.05) is 24.3 Å². The van der Waals surface area contributed by atoms with Crippen LogP contribution in [0, 0.1) is 11.3 Å². The number of halogens is 6. The second-order valence-electron chi connectivity index (χ2n) is 11.1. The number of hydrogen-bond acceptors (Lipinski definition) is 5. The Labute approximate surface area is 244 Å². The van der Waals surface area contributed by atoms with E-state index in [0.717, 1.165) is 31.2 Å². The molecule has 2 aliphatic rings. The molecule has 1 N–H and O–H groups in total. The summed E-state index contributed by atoms with van der Waals surface area (Å²) in [5, 5.41) is 12.7. The highest BCUT2D eigenvalue weighted by Gasteiger charge is 2.45. The van der Waals surface area contributed by atoms with Crippen molar-refractivity contribution in [3.63, 3.8) is 0 Å². The Bertz CT molecular complexity index is 1520. The molecule has 0 saturated carbocycles. The second kappa shape index (κ2) is 11.5. The molecule has 0 unspecified atom stereocenters. The third-order valence-corrected chi connectivity index (χ3v) is 8.39. The van der Waals surface area contributed by atoms with Crippen LogP contribution in [0.1, 0.15) is 41.5 Å². The maximum Gasteiger partial charge on any atom is 0.417 e. The summed E-state index contributed by atoms with van der Waals surface area (Å²) >= 11 is 0. The summed E-state index contributed by atoms with van der Waals surface area (Å²) in [6, 6.07) is 13.1. The zero-order valence-electron chi connectivity index (χ0n) is 23.3. The van der Waals surface area contributed by atoms with Crippen LogP contribution < -0.4 is 10.2 Å². The van der Waals surface area contributed by atoms with Gasteiger partial charge in [-0.05, 0) is 68.8 Å². The quantitative estimate of drug-likeness (QED) is 0.363. The molecule has 2 fully saturated rings. The van der Waals surface area contributed by atoms with Crippen LogP contribution in [0.3, 0.4) is 0 Å². The zero-order chi connectivity index (χ0) is 31.0. The van der Waals surface area contributed by atoms with Crippen molar-refractivity contribution in [2.45, 2.75) is 43.1 Å². The number of nitriles is 1. The lowest BCUT2D eigenvalue weighted by Crippen LogP contribution is -2.54. The lowest BCUT2D eigenvalue weighted by atomic mass is 9.72. The SMILES string of the molecule is CN1CC[C@@H](NC(=O)C2(c3ccc(-c4ccccc4C(F)(F)F)nc3)CCN(c3ccc(C(F)(F)F)cc3C#N)CC2)C1. The number of benzene rings is 2. The van der Waals surface area contributed by atoms with Crippen molar-refractivity contribution in [1.82, 2.24) is 15.2 Å². The number of piperidine rings is 1. The summed E-state index contributed by atoms with van der Waals surface area (Å²) in [4.78, 5) is 22.2. The van der Waals surface area contributed by atoms with E-state index in [1.54, 1.807) is 11.0 Å². The van der Waals surface area contributed by atoms with Crippen molar-refractivity contribution in [3.8, 4) is 17.3 Å². The van der Waals surface area contributed by atoms with Gasteiger partial charge in [0.05, 0.1) is 33.5 Å². The van der Waals surface area contributed by atoms with Crippen LogP contribution in [0.4, 0.5) is 32.0 Å². The Morgan fingerprint density at radius 3 is 2.30 bits per heavy atom. The number of anilines is 1. The van der Waals surface area contributed by atoms with Gasteiger partial charge in [0.2, 0.25) is 5.91 Å². The van der Waals surface area contributed by atoms with Gasteiger partial charge in [0.15, 0.2) is 0 Å². The first-order valence-electron chi connectivity index (χ1n) is 13.8. The summed E-state index contributed by atoms with van der Waals surface area (Å²) in [5.41, 5.74) is -2.00. The van der Waals surface area contributed by atoms with E-state index in [0.29, 0.717) is 17.8 Å². The fourth-order valence-electron chi connectivity index (χ4n) is 6.02. The molecule has 3 aromatic rings. The zero-order valence-corrected chi connectivity index (χ0v) is 23.3. The molecule has 0 radical (unpaired) electrons. The molecule has 1 amide bonds. The lowest BCUT2D eigenvalue weighted by Gasteiger charge is -2.42. The minimum Gasteiger partial charge on any atom is -0.370 e. The highest BCUT2D eigenvalue weighted by molar-refractivity contribution is 5.89. The van der Waals surface area contributed by atoms with Crippen molar-refractivity contribution in [2.75, 3.05) is 38.1 Å². The normalized spacial score (nSPS) is 19.2. The van der Waals surface area contributed by atoms with Gasteiger partial charge in [-0.3, -0.25) is 9.78 Å². The first-order chi connectivity index (χ1) is 20.3. The average molecular weight is 602 g/mol. The molecule has 2 aliphatic heterocycles. The molecule has 2 aromatic carbocycles. The van der Waals surface area contributed by atoms with Gasteiger partial charge in [0, 0.05) is 37.4 Å². The van der Waals surface area contributed by atoms with Gasteiger partial charge >= 0.3 is 12.4 Å². The Hall–Kier alpha value is -4.11. The standard InChI is InChI=1S/C31H29F6N5O/c1-41-13-10-23(19-41)40-28(43)29(22-6-8-26(39-18-22)24-4-2-3-5-25(24)31(35,36)37)11-14-42(15-12-29)27-9-7-21(30(32,33)34)16-20(27)17-38/h2-9,16,18,23H,10-15,19H2,1H3,(H,40,43)/t23-/m1/s1. The lowest BCUT2D eigenvalue weighted by molar-refractivity contribution is -0.138. The Balaban J connectivity index is 1.45. The van der Waals surface area contributed by atoms with Crippen LogP contribution in [-0.4, -0.2) is 55.1 Å². The highest BCUT2D eigenvalue weighted by atomic mass is 19.4. The molecule has 0 spiro atoms. The maximum atomic E-state index is 13.9. The number of pyridine rings is 1. The smallest absolute Gasteiger partial charge is 0.370 e. The predicted octanol–water partition coefficient (Wildman–Crippen LogP) is 6.02. The van der Waals surface area contributed by atoms with E-state index in [1.165, 1.54) is 36.5 Å². The third-order valence-electron chi connectivity index (χ3n) is 8.39. The summed E-state index contributed by atoms with van der Waals surface area (Å²) < 4.78 is 80.6. The number of amides is 1. The van der Waals surface area contributed by atoms with Gasteiger partial charge in [-0.15, -0.1) is 0 Å².